The summed E-state index contributed by atoms with van der Waals surface area (Å²) in [7, 11) is 0. The Balaban J connectivity index is 2.23. The molecule has 0 spiro atoms. The van der Waals surface area contributed by atoms with E-state index in [1.54, 1.807) is 6.92 Å². The third kappa shape index (κ3) is 3.00. The maximum absolute atomic E-state index is 9.40. The molecule has 5 nitrogen and oxygen atoms in total. The summed E-state index contributed by atoms with van der Waals surface area (Å²) in [5, 5.41) is 13.3. The zero-order valence-corrected chi connectivity index (χ0v) is 11.4. The van der Waals surface area contributed by atoms with Crippen LogP contribution in [0.25, 0.3) is 11.4 Å². The molecule has 5 heteroatoms. The maximum atomic E-state index is 9.40. The molecular formula is C14H19N3O2. The Morgan fingerprint density at radius 1 is 1.16 bits per heavy atom. The molecule has 0 unspecified atom stereocenters. The van der Waals surface area contributed by atoms with E-state index in [0.717, 1.165) is 5.56 Å². The summed E-state index contributed by atoms with van der Waals surface area (Å²) in [6.45, 7) is 5.87. The van der Waals surface area contributed by atoms with Crippen molar-refractivity contribution in [3.63, 3.8) is 0 Å². The van der Waals surface area contributed by atoms with Crippen molar-refractivity contribution < 1.29 is 9.63 Å². The standard InChI is InChI=1S/C14H19N3O2/c1-8(2)10-4-6-11(7-5-10)13-16-14(19-17-13)12(15)9(3)18/h4-9,12,18H,15H2,1-3H3/t9-,12+/m1/s1. The van der Waals surface area contributed by atoms with E-state index in [1.807, 2.05) is 24.3 Å². The lowest BCUT2D eigenvalue weighted by atomic mass is 10.0. The van der Waals surface area contributed by atoms with E-state index in [9.17, 15) is 5.11 Å². The molecule has 2 aromatic rings. The summed E-state index contributed by atoms with van der Waals surface area (Å²) < 4.78 is 5.07. The lowest BCUT2D eigenvalue weighted by molar-refractivity contribution is 0.146. The maximum Gasteiger partial charge on any atom is 0.246 e. The molecule has 19 heavy (non-hydrogen) atoms. The molecule has 0 aliphatic carbocycles. The summed E-state index contributed by atoms with van der Waals surface area (Å²) in [6.07, 6.45) is -0.725. The summed E-state index contributed by atoms with van der Waals surface area (Å²) in [5.74, 6) is 1.22. The second-order valence-electron chi connectivity index (χ2n) is 5.00. The molecule has 0 fully saturated rings. The highest BCUT2D eigenvalue weighted by atomic mass is 16.5. The van der Waals surface area contributed by atoms with Gasteiger partial charge in [0.1, 0.15) is 6.04 Å². The number of hydrogen-bond donors (Lipinski definition) is 2. The summed E-state index contributed by atoms with van der Waals surface area (Å²) >= 11 is 0. The highest BCUT2D eigenvalue weighted by Crippen LogP contribution is 2.22. The van der Waals surface area contributed by atoms with Crippen molar-refractivity contribution >= 4 is 0 Å². The van der Waals surface area contributed by atoms with Crippen LogP contribution in [-0.4, -0.2) is 21.4 Å². The van der Waals surface area contributed by atoms with Crippen LogP contribution in [0.15, 0.2) is 28.8 Å². The van der Waals surface area contributed by atoms with Crippen LogP contribution in [0, 0.1) is 0 Å². The van der Waals surface area contributed by atoms with Crippen LogP contribution < -0.4 is 5.73 Å². The molecule has 0 bridgehead atoms. The molecule has 0 amide bonds. The molecule has 0 saturated heterocycles. The SMILES string of the molecule is CC(C)c1ccc(-c2noc([C@@H](N)[C@@H](C)O)n2)cc1. The monoisotopic (exact) mass is 261 g/mol. The first-order valence-corrected chi connectivity index (χ1v) is 6.36. The molecule has 1 aromatic carbocycles. The fraction of sp³-hybridized carbons (Fsp3) is 0.429. The van der Waals surface area contributed by atoms with Gasteiger partial charge >= 0.3 is 0 Å². The average molecular weight is 261 g/mol. The molecular weight excluding hydrogens is 242 g/mol. The summed E-state index contributed by atoms with van der Waals surface area (Å²) in [4.78, 5) is 4.21. The molecule has 0 radical (unpaired) electrons. The molecule has 0 aliphatic rings. The Kier molecular flexibility index (Phi) is 3.97. The van der Waals surface area contributed by atoms with Crippen LogP contribution in [0.1, 0.15) is 44.2 Å². The predicted octanol–water partition coefficient (Wildman–Crippen LogP) is 2.24. The van der Waals surface area contributed by atoms with Gasteiger partial charge in [-0.1, -0.05) is 43.3 Å². The Morgan fingerprint density at radius 3 is 2.32 bits per heavy atom. The topological polar surface area (TPSA) is 85.2 Å². The van der Waals surface area contributed by atoms with Gasteiger partial charge in [-0.25, -0.2) is 0 Å². The van der Waals surface area contributed by atoms with Crippen LogP contribution >= 0.6 is 0 Å². The molecule has 2 rings (SSSR count). The Bertz CT molecular complexity index is 532. The minimum atomic E-state index is -0.725. The van der Waals surface area contributed by atoms with E-state index in [-0.39, 0.29) is 5.89 Å². The van der Waals surface area contributed by atoms with Crippen molar-refractivity contribution in [1.29, 1.82) is 0 Å². The van der Waals surface area contributed by atoms with Gasteiger partial charge in [0.2, 0.25) is 11.7 Å². The largest absolute Gasteiger partial charge is 0.391 e. The van der Waals surface area contributed by atoms with Crippen LogP contribution in [0.4, 0.5) is 0 Å². The van der Waals surface area contributed by atoms with Gasteiger partial charge < -0.3 is 15.4 Å². The molecule has 102 valence electrons. The van der Waals surface area contributed by atoms with E-state index in [2.05, 4.69) is 24.0 Å². The second-order valence-corrected chi connectivity index (χ2v) is 5.00. The zero-order chi connectivity index (χ0) is 14.0. The minimum absolute atomic E-state index is 0.248. The normalized spacial score (nSPS) is 14.6. The van der Waals surface area contributed by atoms with Gasteiger partial charge in [-0.05, 0) is 18.4 Å². The number of aliphatic hydroxyl groups is 1. The lowest BCUT2D eigenvalue weighted by Gasteiger charge is -2.08. The van der Waals surface area contributed by atoms with Crippen LogP contribution in [0.3, 0.4) is 0 Å². The Labute approximate surface area is 112 Å². The van der Waals surface area contributed by atoms with Gasteiger partial charge in [0.25, 0.3) is 0 Å². The van der Waals surface area contributed by atoms with Gasteiger partial charge in [0, 0.05) is 5.56 Å². The van der Waals surface area contributed by atoms with E-state index >= 15 is 0 Å². The van der Waals surface area contributed by atoms with Crippen molar-refractivity contribution in [2.75, 3.05) is 0 Å². The average Bonchev–Trinajstić information content (AvgIpc) is 2.87. The Morgan fingerprint density at radius 2 is 1.79 bits per heavy atom. The van der Waals surface area contributed by atoms with Crippen molar-refractivity contribution in [2.45, 2.75) is 38.8 Å². The van der Waals surface area contributed by atoms with Crippen molar-refractivity contribution in [3.05, 3.63) is 35.7 Å². The van der Waals surface area contributed by atoms with Crippen molar-refractivity contribution in [1.82, 2.24) is 10.1 Å². The van der Waals surface area contributed by atoms with Gasteiger partial charge in [0.15, 0.2) is 0 Å². The minimum Gasteiger partial charge on any atom is -0.391 e. The molecule has 3 N–H and O–H groups in total. The van der Waals surface area contributed by atoms with Gasteiger partial charge in [-0.15, -0.1) is 0 Å². The van der Waals surface area contributed by atoms with E-state index in [1.165, 1.54) is 5.56 Å². The van der Waals surface area contributed by atoms with E-state index in [0.29, 0.717) is 11.7 Å². The van der Waals surface area contributed by atoms with Crippen LogP contribution in [-0.2, 0) is 0 Å². The van der Waals surface area contributed by atoms with Crippen LogP contribution in [0.5, 0.6) is 0 Å². The number of aliphatic hydroxyl groups excluding tert-OH is 1. The summed E-state index contributed by atoms with van der Waals surface area (Å²) in [5.41, 5.74) is 7.88. The smallest absolute Gasteiger partial charge is 0.246 e. The third-order valence-electron chi connectivity index (χ3n) is 3.08. The van der Waals surface area contributed by atoms with E-state index < -0.39 is 12.1 Å². The number of benzene rings is 1. The fourth-order valence-corrected chi connectivity index (χ4v) is 1.71. The number of aromatic nitrogens is 2. The summed E-state index contributed by atoms with van der Waals surface area (Å²) in [6, 6.07) is 7.35. The first kappa shape index (κ1) is 13.7. The van der Waals surface area contributed by atoms with Crippen molar-refractivity contribution in [3.8, 4) is 11.4 Å². The van der Waals surface area contributed by atoms with Gasteiger partial charge in [-0.3, -0.25) is 0 Å². The van der Waals surface area contributed by atoms with Gasteiger partial charge in [-0.2, -0.15) is 4.98 Å². The molecule has 0 aliphatic heterocycles. The first-order chi connectivity index (χ1) is 8.99. The predicted molar refractivity (Wildman–Crippen MR) is 72.4 cm³/mol. The molecule has 2 atom stereocenters. The highest BCUT2D eigenvalue weighted by Gasteiger charge is 2.19. The van der Waals surface area contributed by atoms with Crippen LogP contribution in [0.2, 0.25) is 0 Å². The zero-order valence-electron chi connectivity index (χ0n) is 11.4. The Hall–Kier alpha value is -1.72. The molecule has 1 heterocycles. The number of hydrogen-bond acceptors (Lipinski definition) is 5. The highest BCUT2D eigenvalue weighted by molar-refractivity contribution is 5.54. The van der Waals surface area contributed by atoms with Gasteiger partial charge in [0.05, 0.1) is 6.10 Å². The number of nitrogens with two attached hydrogens (primary N) is 1. The lowest BCUT2D eigenvalue weighted by Crippen LogP contribution is -2.23. The quantitative estimate of drug-likeness (QED) is 0.881. The number of rotatable bonds is 4. The fourth-order valence-electron chi connectivity index (χ4n) is 1.71. The van der Waals surface area contributed by atoms with E-state index in [4.69, 9.17) is 10.3 Å². The van der Waals surface area contributed by atoms with Crippen molar-refractivity contribution in [2.24, 2.45) is 5.73 Å². The third-order valence-corrected chi connectivity index (χ3v) is 3.08. The second kappa shape index (κ2) is 5.50. The molecule has 1 aromatic heterocycles. The molecule has 0 saturated carbocycles. The first-order valence-electron chi connectivity index (χ1n) is 6.36. The number of nitrogens with zero attached hydrogens (tertiary/aromatic N) is 2.